The minimum absolute atomic E-state index is 0.106. The minimum Gasteiger partial charge on any atom is -0.373 e. The van der Waals surface area contributed by atoms with Crippen molar-refractivity contribution in [2.75, 3.05) is 5.32 Å². The summed E-state index contributed by atoms with van der Waals surface area (Å²) in [5.41, 5.74) is 2.34. The van der Waals surface area contributed by atoms with Gasteiger partial charge in [0.2, 0.25) is 5.91 Å². The van der Waals surface area contributed by atoms with E-state index in [1.165, 1.54) is 31.2 Å². The van der Waals surface area contributed by atoms with Crippen molar-refractivity contribution in [3.8, 4) is 0 Å². The van der Waals surface area contributed by atoms with Crippen molar-refractivity contribution >= 4 is 11.6 Å². The SMILES string of the molecule is CCCCCCC(C)NC(=O)[C@@H]1Cc2ccccc2N1. The highest BCUT2D eigenvalue weighted by Gasteiger charge is 2.26. The Morgan fingerprint density at radius 1 is 1.35 bits per heavy atom. The van der Waals surface area contributed by atoms with E-state index in [-0.39, 0.29) is 18.0 Å². The normalized spacial score (nSPS) is 18.2. The molecule has 1 heterocycles. The van der Waals surface area contributed by atoms with Crippen molar-refractivity contribution in [3.05, 3.63) is 29.8 Å². The number of rotatable bonds is 7. The number of carbonyl (C=O) groups is 1. The summed E-state index contributed by atoms with van der Waals surface area (Å²) in [6.45, 7) is 4.32. The van der Waals surface area contributed by atoms with Gasteiger partial charge in [0.1, 0.15) is 6.04 Å². The first-order valence-corrected chi connectivity index (χ1v) is 7.85. The molecule has 3 nitrogen and oxygen atoms in total. The zero-order valence-electron chi connectivity index (χ0n) is 12.6. The molecule has 0 saturated heterocycles. The number of nitrogens with one attached hydrogen (secondary N) is 2. The third-order valence-corrected chi connectivity index (χ3v) is 3.97. The number of benzene rings is 1. The van der Waals surface area contributed by atoms with E-state index in [4.69, 9.17) is 0 Å². The van der Waals surface area contributed by atoms with Gasteiger partial charge in [-0.25, -0.2) is 0 Å². The van der Waals surface area contributed by atoms with Crippen molar-refractivity contribution in [1.82, 2.24) is 5.32 Å². The third kappa shape index (κ3) is 3.99. The van der Waals surface area contributed by atoms with Gasteiger partial charge in [0.05, 0.1) is 0 Å². The first-order chi connectivity index (χ1) is 9.70. The number of para-hydroxylation sites is 1. The molecule has 0 aromatic heterocycles. The Balaban J connectivity index is 1.73. The number of anilines is 1. The van der Waals surface area contributed by atoms with E-state index in [2.05, 4.69) is 30.5 Å². The van der Waals surface area contributed by atoms with Crippen molar-refractivity contribution in [2.45, 2.75) is 64.5 Å². The smallest absolute Gasteiger partial charge is 0.243 e. The lowest BCUT2D eigenvalue weighted by atomic mass is 10.1. The minimum atomic E-state index is -0.106. The lowest BCUT2D eigenvalue weighted by molar-refractivity contribution is -0.122. The fourth-order valence-corrected chi connectivity index (χ4v) is 2.75. The molecule has 20 heavy (non-hydrogen) atoms. The number of unbranched alkanes of at least 4 members (excludes halogenated alkanes) is 3. The largest absolute Gasteiger partial charge is 0.373 e. The molecule has 1 aliphatic rings. The van der Waals surface area contributed by atoms with Gasteiger partial charge in [-0.05, 0) is 25.0 Å². The Bertz CT molecular complexity index is 419. The number of carbonyl (C=O) groups excluding carboxylic acids is 1. The lowest BCUT2D eigenvalue weighted by Crippen LogP contribution is -2.42. The molecule has 0 bridgehead atoms. The van der Waals surface area contributed by atoms with Crippen LogP contribution >= 0.6 is 0 Å². The van der Waals surface area contributed by atoms with Gasteiger partial charge >= 0.3 is 0 Å². The quantitative estimate of drug-likeness (QED) is 0.747. The molecule has 0 radical (unpaired) electrons. The summed E-state index contributed by atoms with van der Waals surface area (Å²) in [5.74, 6) is 0.129. The van der Waals surface area contributed by atoms with E-state index >= 15 is 0 Å². The molecule has 0 spiro atoms. The number of fused-ring (bicyclic) bond motifs is 1. The second kappa shape index (κ2) is 7.32. The lowest BCUT2D eigenvalue weighted by Gasteiger charge is -2.17. The van der Waals surface area contributed by atoms with Crippen LogP contribution in [-0.4, -0.2) is 18.0 Å². The van der Waals surface area contributed by atoms with Gasteiger partial charge in [-0.3, -0.25) is 4.79 Å². The van der Waals surface area contributed by atoms with Crippen LogP contribution in [0, 0.1) is 0 Å². The topological polar surface area (TPSA) is 41.1 Å². The predicted molar refractivity (Wildman–Crippen MR) is 83.9 cm³/mol. The van der Waals surface area contributed by atoms with E-state index in [1.54, 1.807) is 0 Å². The maximum atomic E-state index is 12.2. The van der Waals surface area contributed by atoms with Gasteiger partial charge < -0.3 is 10.6 Å². The van der Waals surface area contributed by atoms with E-state index in [0.717, 1.165) is 18.5 Å². The van der Waals surface area contributed by atoms with Crippen molar-refractivity contribution < 1.29 is 4.79 Å². The molecule has 2 N–H and O–H groups in total. The highest BCUT2D eigenvalue weighted by molar-refractivity contribution is 5.87. The average molecular weight is 274 g/mol. The molecule has 1 unspecified atom stereocenters. The highest BCUT2D eigenvalue weighted by atomic mass is 16.2. The van der Waals surface area contributed by atoms with Crippen molar-refractivity contribution in [1.29, 1.82) is 0 Å². The molecule has 1 amide bonds. The number of hydrogen-bond acceptors (Lipinski definition) is 2. The molecule has 1 aromatic carbocycles. The van der Waals surface area contributed by atoms with Crippen LogP contribution in [0.2, 0.25) is 0 Å². The molecule has 2 rings (SSSR count). The highest BCUT2D eigenvalue weighted by Crippen LogP contribution is 2.25. The fourth-order valence-electron chi connectivity index (χ4n) is 2.75. The Hall–Kier alpha value is -1.51. The van der Waals surface area contributed by atoms with Crippen molar-refractivity contribution in [3.63, 3.8) is 0 Å². The Morgan fingerprint density at radius 2 is 2.15 bits per heavy atom. The first-order valence-electron chi connectivity index (χ1n) is 7.85. The summed E-state index contributed by atoms with van der Waals surface area (Å²) in [4.78, 5) is 12.2. The molecule has 2 atom stereocenters. The van der Waals surface area contributed by atoms with Gasteiger partial charge in [-0.1, -0.05) is 50.8 Å². The molecular formula is C17H26N2O. The third-order valence-electron chi connectivity index (χ3n) is 3.97. The first kappa shape index (κ1) is 14.9. The van der Waals surface area contributed by atoms with Crippen LogP contribution in [0.1, 0.15) is 51.5 Å². The summed E-state index contributed by atoms with van der Waals surface area (Å²) in [6.07, 6.45) is 6.89. The van der Waals surface area contributed by atoms with Gasteiger partial charge in [0, 0.05) is 18.2 Å². The molecule has 0 aliphatic carbocycles. The van der Waals surface area contributed by atoms with Crippen LogP contribution in [0.3, 0.4) is 0 Å². The second-order valence-corrected chi connectivity index (χ2v) is 5.82. The summed E-state index contributed by atoms with van der Waals surface area (Å²) in [7, 11) is 0. The summed E-state index contributed by atoms with van der Waals surface area (Å²) in [5, 5.41) is 6.44. The van der Waals surface area contributed by atoms with E-state index in [9.17, 15) is 4.79 Å². The molecule has 1 aliphatic heterocycles. The molecule has 3 heteroatoms. The van der Waals surface area contributed by atoms with Gasteiger partial charge in [-0.2, -0.15) is 0 Å². The van der Waals surface area contributed by atoms with Crippen LogP contribution in [0.15, 0.2) is 24.3 Å². The predicted octanol–water partition coefficient (Wildman–Crippen LogP) is 3.50. The van der Waals surface area contributed by atoms with Crippen LogP contribution in [0.4, 0.5) is 5.69 Å². The van der Waals surface area contributed by atoms with Gasteiger partial charge in [-0.15, -0.1) is 0 Å². The van der Waals surface area contributed by atoms with Crippen LogP contribution < -0.4 is 10.6 Å². The Labute approximate surface area is 122 Å². The zero-order valence-corrected chi connectivity index (χ0v) is 12.6. The fraction of sp³-hybridized carbons (Fsp3) is 0.588. The Kier molecular flexibility index (Phi) is 5.45. The van der Waals surface area contributed by atoms with Crippen LogP contribution in [-0.2, 0) is 11.2 Å². The molecule has 110 valence electrons. The van der Waals surface area contributed by atoms with E-state index in [0.29, 0.717) is 0 Å². The molecule has 1 aromatic rings. The molecule has 0 saturated carbocycles. The maximum absolute atomic E-state index is 12.2. The summed E-state index contributed by atoms with van der Waals surface area (Å²) in [6, 6.07) is 8.32. The monoisotopic (exact) mass is 274 g/mol. The second-order valence-electron chi connectivity index (χ2n) is 5.82. The summed E-state index contributed by atoms with van der Waals surface area (Å²) < 4.78 is 0. The molecule has 0 fully saturated rings. The maximum Gasteiger partial charge on any atom is 0.243 e. The van der Waals surface area contributed by atoms with Gasteiger partial charge in [0.25, 0.3) is 0 Å². The van der Waals surface area contributed by atoms with Crippen LogP contribution in [0.5, 0.6) is 0 Å². The number of hydrogen-bond donors (Lipinski definition) is 2. The van der Waals surface area contributed by atoms with E-state index < -0.39 is 0 Å². The van der Waals surface area contributed by atoms with E-state index in [1.807, 2.05) is 18.2 Å². The van der Waals surface area contributed by atoms with Crippen LogP contribution in [0.25, 0.3) is 0 Å². The standard InChI is InChI=1S/C17H26N2O/c1-3-4-5-6-9-13(2)18-17(20)16-12-14-10-7-8-11-15(14)19-16/h7-8,10-11,13,16,19H,3-6,9,12H2,1-2H3,(H,18,20)/t13?,16-/m0/s1. The summed E-state index contributed by atoms with van der Waals surface area (Å²) >= 11 is 0. The number of amides is 1. The van der Waals surface area contributed by atoms with Crippen molar-refractivity contribution in [2.24, 2.45) is 0 Å². The molecular weight excluding hydrogens is 248 g/mol. The average Bonchev–Trinajstić information content (AvgIpc) is 2.87. The zero-order chi connectivity index (χ0) is 14.4. The Morgan fingerprint density at radius 3 is 2.90 bits per heavy atom. The van der Waals surface area contributed by atoms with Gasteiger partial charge in [0.15, 0.2) is 0 Å².